The van der Waals surface area contributed by atoms with E-state index in [9.17, 15) is 9.90 Å². The molecule has 6 nitrogen and oxygen atoms in total. The number of nitrogens with two attached hydrogens (primary N) is 1. The van der Waals surface area contributed by atoms with E-state index in [4.69, 9.17) is 22.1 Å². The Morgan fingerprint density at radius 2 is 2.26 bits per heavy atom. The summed E-state index contributed by atoms with van der Waals surface area (Å²) in [6.45, 7) is 1.14. The molecule has 0 atom stereocenters. The molecule has 2 heterocycles. The van der Waals surface area contributed by atoms with E-state index in [1.807, 2.05) is 0 Å². The lowest BCUT2D eigenvalue weighted by Crippen LogP contribution is -2.46. The Morgan fingerprint density at radius 3 is 2.95 bits per heavy atom. The number of hydrogen-bond donors (Lipinski definition) is 3. The van der Waals surface area contributed by atoms with Crippen molar-refractivity contribution in [2.45, 2.75) is 18.4 Å². The first-order chi connectivity index (χ1) is 9.00. The van der Waals surface area contributed by atoms with E-state index in [0.717, 1.165) is 0 Å². The van der Waals surface area contributed by atoms with Gasteiger partial charge in [0.05, 0.1) is 23.0 Å². The molecule has 0 saturated carbocycles. The van der Waals surface area contributed by atoms with Crippen molar-refractivity contribution in [2.24, 2.45) is 0 Å². The Morgan fingerprint density at radius 1 is 1.58 bits per heavy atom. The van der Waals surface area contributed by atoms with Crippen LogP contribution in [0.1, 0.15) is 23.2 Å². The maximum atomic E-state index is 12.0. The fourth-order valence-electron chi connectivity index (χ4n) is 1.89. The monoisotopic (exact) mass is 285 g/mol. The summed E-state index contributed by atoms with van der Waals surface area (Å²) in [5.41, 5.74) is 5.21. The minimum atomic E-state index is -0.922. The van der Waals surface area contributed by atoms with Gasteiger partial charge >= 0.3 is 0 Å². The number of rotatable bonds is 3. The van der Waals surface area contributed by atoms with Crippen molar-refractivity contribution in [3.8, 4) is 0 Å². The number of amides is 1. The van der Waals surface area contributed by atoms with Gasteiger partial charge in [0.2, 0.25) is 0 Å². The van der Waals surface area contributed by atoms with Gasteiger partial charge in [-0.3, -0.25) is 4.79 Å². The molecule has 1 saturated heterocycles. The van der Waals surface area contributed by atoms with E-state index >= 15 is 0 Å². The second-order valence-corrected chi connectivity index (χ2v) is 4.98. The zero-order valence-electron chi connectivity index (χ0n) is 10.4. The van der Waals surface area contributed by atoms with Gasteiger partial charge in [0.1, 0.15) is 5.15 Å². The molecule has 0 bridgehead atoms. The third kappa shape index (κ3) is 3.56. The van der Waals surface area contributed by atoms with Gasteiger partial charge in [-0.2, -0.15) is 0 Å². The van der Waals surface area contributed by atoms with E-state index in [0.29, 0.717) is 31.7 Å². The maximum absolute atomic E-state index is 12.0. The van der Waals surface area contributed by atoms with Crippen LogP contribution in [0.5, 0.6) is 0 Å². The minimum Gasteiger partial charge on any atom is -0.397 e. The SMILES string of the molecule is Nc1cnc(Cl)c(C(=O)NCC2(O)CCOCC2)c1. The molecule has 104 valence electrons. The van der Waals surface area contributed by atoms with E-state index < -0.39 is 11.5 Å². The molecule has 0 radical (unpaired) electrons. The molecule has 1 aliphatic rings. The van der Waals surface area contributed by atoms with Crippen molar-refractivity contribution in [1.82, 2.24) is 10.3 Å². The number of anilines is 1. The zero-order valence-corrected chi connectivity index (χ0v) is 11.1. The van der Waals surface area contributed by atoms with Gasteiger partial charge in [-0.1, -0.05) is 11.6 Å². The first kappa shape index (κ1) is 14.0. The third-order valence-electron chi connectivity index (χ3n) is 3.11. The standard InChI is InChI=1S/C12H16ClN3O3/c13-10-9(5-8(14)6-15-10)11(17)16-7-12(18)1-3-19-4-2-12/h5-6,18H,1-4,7,14H2,(H,16,17). The molecule has 19 heavy (non-hydrogen) atoms. The average Bonchev–Trinajstić information content (AvgIpc) is 2.40. The number of nitrogens with zero attached hydrogens (tertiary/aromatic N) is 1. The molecule has 7 heteroatoms. The maximum Gasteiger partial charge on any atom is 0.254 e. The molecule has 1 aromatic rings. The topological polar surface area (TPSA) is 97.5 Å². The van der Waals surface area contributed by atoms with E-state index in [1.165, 1.54) is 12.3 Å². The molecule has 2 rings (SSSR count). The highest BCUT2D eigenvalue weighted by Crippen LogP contribution is 2.20. The fourth-order valence-corrected chi connectivity index (χ4v) is 2.08. The summed E-state index contributed by atoms with van der Waals surface area (Å²) >= 11 is 5.84. The summed E-state index contributed by atoms with van der Waals surface area (Å²) in [4.78, 5) is 15.8. The van der Waals surface area contributed by atoms with Gasteiger partial charge in [0.15, 0.2) is 0 Å². The van der Waals surface area contributed by atoms with Crippen LogP contribution in [-0.4, -0.2) is 41.4 Å². The summed E-state index contributed by atoms with van der Waals surface area (Å²) in [6.07, 6.45) is 2.37. The molecular weight excluding hydrogens is 270 g/mol. The van der Waals surface area contributed by atoms with Crippen LogP contribution in [0.3, 0.4) is 0 Å². The number of nitrogens with one attached hydrogen (secondary N) is 1. The smallest absolute Gasteiger partial charge is 0.254 e. The van der Waals surface area contributed by atoms with Crippen LogP contribution >= 0.6 is 11.6 Å². The number of halogens is 1. The molecule has 0 aromatic carbocycles. The van der Waals surface area contributed by atoms with Crippen molar-refractivity contribution in [3.63, 3.8) is 0 Å². The quantitative estimate of drug-likeness (QED) is 0.706. The Hall–Kier alpha value is -1.37. The van der Waals surface area contributed by atoms with Gasteiger partial charge < -0.3 is 20.9 Å². The summed E-state index contributed by atoms with van der Waals surface area (Å²) in [6, 6.07) is 1.46. The lowest BCUT2D eigenvalue weighted by atomic mass is 9.94. The minimum absolute atomic E-state index is 0.0886. The van der Waals surface area contributed by atoms with Crippen molar-refractivity contribution < 1.29 is 14.6 Å². The molecule has 1 aliphatic heterocycles. The van der Waals surface area contributed by atoms with Crippen molar-refractivity contribution in [2.75, 3.05) is 25.5 Å². The molecule has 0 spiro atoms. The molecular formula is C12H16ClN3O3. The number of hydrogen-bond acceptors (Lipinski definition) is 5. The fraction of sp³-hybridized carbons (Fsp3) is 0.500. The first-order valence-corrected chi connectivity index (χ1v) is 6.37. The zero-order chi connectivity index (χ0) is 13.9. The number of carbonyl (C=O) groups excluding carboxylic acids is 1. The first-order valence-electron chi connectivity index (χ1n) is 5.99. The van der Waals surface area contributed by atoms with Crippen LogP contribution < -0.4 is 11.1 Å². The van der Waals surface area contributed by atoms with Crippen LogP contribution in [-0.2, 0) is 4.74 Å². The van der Waals surface area contributed by atoms with Crippen LogP contribution in [0.4, 0.5) is 5.69 Å². The molecule has 4 N–H and O–H groups in total. The molecule has 0 unspecified atom stereocenters. The second kappa shape index (κ2) is 5.73. The largest absolute Gasteiger partial charge is 0.397 e. The number of carbonyl (C=O) groups is 1. The van der Waals surface area contributed by atoms with Gasteiger partial charge in [-0.25, -0.2) is 4.98 Å². The highest BCUT2D eigenvalue weighted by Gasteiger charge is 2.30. The predicted molar refractivity (Wildman–Crippen MR) is 71.0 cm³/mol. The average molecular weight is 286 g/mol. The van der Waals surface area contributed by atoms with Crippen LogP contribution in [0.2, 0.25) is 5.15 Å². The summed E-state index contributed by atoms with van der Waals surface area (Å²) in [7, 11) is 0. The van der Waals surface area contributed by atoms with Crippen LogP contribution in [0.25, 0.3) is 0 Å². The number of ether oxygens (including phenoxy) is 1. The Kier molecular flexibility index (Phi) is 4.24. The highest BCUT2D eigenvalue weighted by molar-refractivity contribution is 6.32. The molecule has 0 aliphatic carbocycles. The van der Waals surface area contributed by atoms with Crippen molar-refractivity contribution in [3.05, 3.63) is 23.0 Å². The second-order valence-electron chi connectivity index (χ2n) is 4.63. The van der Waals surface area contributed by atoms with Crippen LogP contribution in [0, 0.1) is 0 Å². The Labute approximate surface area is 115 Å². The molecule has 1 amide bonds. The number of pyridine rings is 1. The summed E-state index contributed by atoms with van der Waals surface area (Å²) in [5, 5.41) is 13.0. The van der Waals surface area contributed by atoms with Gasteiger partial charge in [-0.15, -0.1) is 0 Å². The summed E-state index contributed by atoms with van der Waals surface area (Å²) in [5.74, 6) is -0.398. The van der Waals surface area contributed by atoms with Crippen LogP contribution in [0.15, 0.2) is 12.3 Å². The number of nitrogen functional groups attached to an aromatic ring is 1. The highest BCUT2D eigenvalue weighted by atomic mass is 35.5. The number of aliphatic hydroxyl groups is 1. The Bertz CT molecular complexity index is 475. The summed E-state index contributed by atoms with van der Waals surface area (Å²) < 4.78 is 5.17. The molecule has 1 aromatic heterocycles. The predicted octanol–water partition coefficient (Wildman–Crippen LogP) is 0.588. The lowest BCUT2D eigenvalue weighted by Gasteiger charge is -2.32. The third-order valence-corrected chi connectivity index (χ3v) is 3.41. The van der Waals surface area contributed by atoms with Crippen molar-refractivity contribution in [1.29, 1.82) is 0 Å². The van der Waals surface area contributed by atoms with Gasteiger partial charge in [0.25, 0.3) is 5.91 Å². The number of aromatic nitrogens is 1. The normalized spacial score (nSPS) is 18.0. The molecule has 1 fully saturated rings. The van der Waals surface area contributed by atoms with E-state index in [2.05, 4.69) is 10.3 Å². The van der Waals surface area contributed by atoms with E-state index in [-0.39, 0.29) is 17.3 Å². The van der Waals surface area contributed by atoms with Crippen molar-refractivity contribution >= 4 is 23.2 Å². The van der Waals surface area contributed by atoms with E-state index in [1.54, 1.807) is 0 Å². The lowest BCUT2D eigenvalue weighted by molar-refractivity contribution is -0.0605. The van der Waals surface area contributed by atoms with Gasteiger partial charge in [-0.05, 0) is 6.07 Å². The van der Waals surface area contributed by atoms with Gasteiger partial charge in [0, 0.05) is 32.6 Å². The Balaban J connectivity index is 1.99.